The third-order valence-electron chi connectivity index (χ3n) is 5.39. The van der Waals surface area contributed by atoms with Crippen molar-refractivity contribution in [2.45, 2.75) is 31.4 Å². The minimum atomic E-state index is -4.92. The molecule has 0 unspecified atom stereocenters. The van der Waals surface area contributed by atoms with Gasteiger partial charge in [0.25, 0.3) is 5.91 Å². The van der Waals surface area contributed by atoms with Crippen molar-refractivity contribution < 1.29 is 26.7 Å². The van der Waals surface area contributed by atoms with E-state index in [1.165, 1.54) is 4.90 Å². The van der Waals surface area contributed by atoms with Gasteiger partial charge in [-0.15, -0.1) is 0 Å². The van der Waals surface area contributed by atoms with Crippen LogP contribution in [0.3, 0.4) is 0 Å². The highest BCUT2D eigenvalue weighted by molar-refractivity contribution is 6.01. The second-order valence-corrected chi connectivity index (χ2v) is 7.17. The van der Waals surface area contributed by atoms with E-state index in [1.54, 1.807) is 6.21 Å². The zero-order valence-electron chi connectivity index (χ0n) is 15.2. The number of hydrogen-bond acceptors (Lipinski definition) is 3. The van der Waals surface area contributed by atoms with E-state index in [2.05, 4.69) is 15.2 Å². The van der Waals surface area contributed by atoms with Crippen LogP contribution in [0.25, 0.3) is 0 Å². The molecule has 3 heterocycles. The smallest absolute Gasteiger partial charge is 0.337 e. The Morgan fingerprint density at radius 2 is 1.90 bits per heavy atom. The van der Waals surface area contributed by atoms with Gasteiger partial charge < -0.3 is 4.90 Å². The number of aromatic nitrogens is 2. The van der Waals surface area contributed by atoms with Crippen molar-refractivity contribution in [3.8, 4) is 0 Å². The molecule has 5 nitrogen and oxygen atoms in total. The summed E-state index contributed by atoms with van der Waals surface area (Å²) in [5.74, 6) is -3.70. The maximum atomic E-state index is 13.9. The SMILES string of the molecule is O=C(c1n[nH]c2c1C=NCC2)N1CCC(c2cc(F)cc(F)c2C(F)(F)F)CC1. The first-order valence-corrected chi connectivity index (χ1v) is 9.18. The number of benzene rings is 1. The number of alkyl halides is 3. The third kappa shape index (κ3) is 3.63. The van der Waals surface area contributed by atoms with Gasteiger partial charge in [-0.1, -0.05) is 0 Å². The number of likely N-dealkylation sites (tertiary alicyclic amines) is 1. The molecule has 1 N–H and O–H groups in total. The highest BCUT2D eigenvalue weighted by atomic mass is 19.4. The maximum Gasteiger partial charge on any atom is 0.419 e. The number of rotatable bonds is 2. The number of carbonyl (C=O) groups excluding carboxylic acids is 1. The lowest BCUT2D eigenvalue weighted by Gasteiger charge is -2.33. The molecule has 0 radical (unpaired) electrons. The average Bonchev–Trinajstić information content (AvgIpc) is 3.10. The van der Waals surface area contributed by atoms with Gasteiger partial charge in [0.15, 0.2) is 5.69 Å². The number of amides is 1. The van der Waals surface area contributed by atoms with Crippen molar-refractivity contribution in [1.29, 1.82) is 0 Å². The molecular weight excluding hydrogens is 395 g/mol. The molecule has 0 saturated carbocycles. The van der Waals surface area contributed by atoms with E-state index in [0.29, 0.717) is 18.5 Å². The van der Waals surface area contributed by atoms with Crippen LogP contribution >= 0.6 is 0 Å². The number of aliphatic imine (C=N–C) groups is 1. The monoisotopic (exact) mass is 412 g/mol. The normalized spacial score (nSPS) is 17.5. The van der Waals surface area contributed by atoms with Crippen LogP contribution in [0.5, 0.6) is 0 Å². The number of nitrogens with zero attached hydrogens (tertiary/aromatic N) is 3. The van der Waals surface area contributed by atoms with Gasteiger partial charge in [0.05, 0.1) is 5.56 Å². The lowest BCUT2D eigenvalue weighted by Crippen LogP contribution is -2.39. The molecule has 1 saturated heterocycles. The van der Waals surface area contributed by atoms with Crippen LogP contribution in [0.2, 0.25) is 0 Å². The Hall–Kier alpha value is -2.78. The van der Waals surface area contributed by atoms with E-state index in [1.807, 2.05) is 0 Å². The molecule has 0 bridgehead atoms. The molecule has 1 aromatic heterocycles. The van der Waals surface area contributed by atoms with Gasteiger partial charge in [-0.05, 0) is 30.4 Å². The number of nitrogens with one attached hydrogen (secondary N) is 1. The number of hydrogen-bond donors (Lipinski definition) is 1. The molecule has 1 aromatic carbocycles. The number of piperidine rings is 1. The van der Waals surface area contributed by atoms with Gasteiger partial charge >= 0.3 is 6.18 Å². The highest BCUT2D eigenvalue weighted by Gasteiger charge is 2.40. The summed E-state index contributed by atoms with van der Waals surface area (Å²) in [6, 6.07) is 0.988. The summed E-state index contributed by atoms with van der Waals surface area (Å²) in [4.78, 5) is 18.4. The van der Waals surface area contributed by atoms with Gasteiger partial charge in [0, 0.05) is 49.6 Å². The fourth-order valence-electron chi connectivity index (χ4n) is 3.97. The van der Waals surface area contributed by atoms with E-state index in [4.69, 9.17) is 0 Å². The van der Waals surface area contributed by atoms with Crippen molar-refractivity contribution in [1.82, 2.24) is 15.1 Å². The molecule has 10 heteroatoms. The summed E-state index contributed by atoms with van der Waals surface area (Å²) in [5, 5.41) is 6.88. The fraction of sp³-hybridized carbons (Fsp3) is 0.421. The first kappa shape index (κ1) is 19.5. The Bertz CT molecular complexity index is 974. The third-order valence-corrected chi connectivity index (χ3v) is 5.39. The van der Waals surface area contributed by atoms with Gasteiger partial charge in [-0.3, -0.25) is 14.9 Å². The summed E-state index contributed by atoms with van der Waals surface area (Å²) in [5.41, 5.74) is -0.138. The number of carbonyl (C=O) groups is 1. The number of fused-ring (bicyclic) bond motifs is 1. The first-order valence-electron chi connectivity index (χ1n) is 9.18. The Kier molecular flexibility index (Phi) is 4.87. The molecular formula is C19H17F5N4O. The van der Waals surface area contributed by atoms with Crippen LogP contribution in [0.4, 0.5) is 22.0 Å². The van der Waals surface area contributed by atoms with Crippen LogP contribution in [0.1, 0.15) is 51.6 Å². The molecule has 2 aliphatic rings. The predicted octanol–water partition coefficient (Wildman–Crippen LogP) is 3.70. The molecule has 29 heavy (non-hydrogen) atoms. The summed E-state index contributed by atoms with van der Waals surface area (Å²) in [7, 11) is 0. The van der Waals surface area contributed by atoms with Gasteiger partial charge in [0.1, 0.15) is 11.6 Å². The maximum absolute atomic E-state index is 13.9. The lowest BCUT2D eigenvalue weighted by molar-refractivity contribution is -0.141. The topological polar surface area (TPSA) is 61.4 Å². The Labute approximate surface area is 162 Å². The molecule has 0 atom stereocenters. The van der Waals surface area contributed by atoms with Crippen LogP contribution in [0, 0.1) is 11.6 Å². The van der Waals surface area contributed by atoms with E-state index in [0.717, 1.165) is 11.8 Å². The van der Waals surface area contributed by atoms with E-state index in [-0.39, 0.29) is 43.6 Å². The Balaban J connectivity index is 1.53. The van der Waals surface area contributed by atoms with Crippen molar-refractivity contribution in [2.24, 2.45) is 4.99 Å². The second-order valence-electron chi connectivity index (χ2n) is 7.17. The summed E-state index contributed by atoms with van der Waals surface area (Å²) in [6.45, 7) is 0.940. The minimum absolute atomic E-state index is 0.164. The van der Waals surface area contributed by atoms with Crippen molar-refractivity contribution in [3.63, 3.8) is 0 Å². The van der Waals surface area contributed by atoms with E-state index in [9.17, 15) is 26.7 Å². The molecule has 4 rings (SSSR count). The van der Waals surface area contributed by atoms with Gasteiger partial charge in [-0.2, -0.15) is 18.3 Å². The van der Waals surface area contributed by atoms with Crippen molar-refractivity contribution in [3.05, 3.63) is 51.8 Å². The zero-order chi connectivity index (χ0) is 20.8. The Morgan fingerprint density at radius 3 is 2.59 bits per heavy atom. The fourth-order valence-corrected chi connectivity index (χ4v) is 3.97. The summed E-state index contributed by atoms with van der Waals surface area (Å²) >= 11 is 0. The van der Waals surface area contributed by atoms with Crippen LogP contribution < -0.4 is 0 Å². The number of aromatic amines is 1. The number of H-pyrrole nitrogens is 1. The second kappa shape index (κ2) is 7.23. The minimum Gasteiger partial charge on any atom is -0.337 e. The average molecular weight is 412 g/mol. The van der Waals surface area contributed by atoms with Crippen LogP contribution in [0.15, 0.2) is 17.1 Å². The standard InChI is InChI=1S/C19H17F5N4O/c20-11-7-12(16(14(21)8-11)19(22,23)24)10-2-5-28(6-3-10)18(29)17-13-9-25-4-1-15(13)26-27-17/h7-10H,1-6H2,(H,26,27). The first-order chi connectivity index (χ1) is 13.8. The molecule has 1 amide bonds. The largest absolute Gasteiger partial charge is 0.419 e. The lowest BCUT2D eigenvalue weighted by atomic mass is 9.85. The predicted molar refractivity (Wildman–Crippen MR) is 94.0 cm³/mol. The van der Waals surface area contributed by atoms with Gasteiger partial charge in [0.2, 0.25) is 0 Å². The summed E-state index contributed by atoms with van der Waals surface area (Å²) < 4.78 is 67.4. The quantitative estimate of drug-likeness (QED) is 0.765. The van der Waals surface area contributed by atoms with E-state index >= 15 is 0 Å². The van der Waals surface area contributed by atoms with Crippen molar-refractivity contribution in [2.75, 3.05) is 19.6 Å². The van der Waals surface area contributed by atoms with E-state index < -0.39 is 34.9 Å². The zero-order valence-corrected chi connectivity index (χ0v) is 15.2. The summed E-state index contributed by atoms with van der Waals surface area (Å²) in [6.07, 6.45) is -2.35. The molecule has 154 valence electrons. The van der Waals surface area contributed by atoms with Crippen LogP contribution in [-0.2, 0) is 12.6 Å². The molecule has 0 spiro atoms. The number of halogens is 5. The van der Waals surface area contributed by atoms with Crippen LogP contribution in [-0.4, -0.2) is 46.9 Å². The molecule has 0 aliphatic carbocycles. The molecule has 2 aromatic rings. The molecule has 1 fully saturated rings. The Morgan fingerprint density at radius 1 is 1.17 bits per heavy atom. The highest BCUT2D eigenvalue weighted by Crippen LogP contribution is 2.40. The van der Waals surface area contributed by atoms with Gasteiger partial charge in [-0.25, -0.2) is 8.78 Å². The molecule has 2 aliphatic heterocycles. The van der Waals surface area contributed by atoms with Crippen molar-refractivity contribution >= 4 is 12.1 Å².